The van der Waals surface area contributed by atoms with Crippen LogP contribution >= 0.6 is 0 Å². The van der Waals surface area contributed by atoms with Gasteiger partial charge in [-0.3, -0.25) is 15.0 Å². The van der Waals surface area contributed by atoms with Crippen LogP contribution in [0.5, 0.6) is 0 Å². The molecule has 1 saturated heterocycles. The maximum Gasteiger partial charge on any atom is 0.161 e. The van der Waals surface area contributed by atoms with Gasteiger partial charge < -0.3 is 4.98 Å². The molecule has 188 valence electrons. The second kappa shape index (κ2) is 9.07. The van der Waals surface area contributed by atoms with Crippen molar-refractivity contribution in [1.29, 1.82) is 0 Å². The summed E-state index contributed by atoms with van der Waals surface area (Å²) in [7, 11) is 0. The number of aromatic nitrogens is 7. The molecule has 0 atom stereocenters. The Balaban J connectivity index is 1.32. The number of pyridine rings is 3. The van der Waals surface area contributed by atoms with Gasteiger partial charge in [-0.15, -0.1) is 0 Å². The Bertz CT molecular complexity index is 1800. The number of fused-ring (bicyclic) bond motifs is 2. The Kier molecular flexibility index (Phi) is 5.40. The minimum atomic E-state index is -0.471. The molecule has 10 heteroatoms. The SMILES string of the molecule is Fc1ccccc1-c1ccnc2[nH]c(-c3n[nH]c4ncc(-c5cncc(CN6CCCC6)c5)c(F)c34)nc12. The van der Waals surface area contributed by atoms with E-state index in [4.69, 9.17) is 0 Å². The van der Waals surface area contributed by atoms with Crippen LogP contribution in [0, 0.1) is 11.6 Å². The number of benzene rings is 1. The number of hydrogen-bond acceptors (Lipinski definition) is 6. The molecule has 0 amide bonds. The summed E-state index contributed by atoms with van der Waals surface area (Å²) >= 11 is 0. The first-order valence-corrected chi connectivity index (χ1v) is 12.4. The Labute approximate surface area is 215 Å². The van der Waals surface area contributed by atoms with Crippen molar-refractivity contribution in [3.63, 3.8) is 0 Å². The third-order valence-electron chi connectivity index (χ3n) is 7.01. The highest BCUT2D eigenvalue weighted by molar-refractivity contribution is 5.96. The molecule has 1 aromatic carbocycles. The molecule has 0 bridgehead atoms. The summed E-state index contributed by atoms with van der Waals surface area (Å²) in [6.45, 7) is 2.91. The van der Waals surface area contributed by atoms with Gasteiger partial charge in [0.25, 0.3) is 0 Å². The maximum absolute atomic E-state index is 16.1. The van der Waals surface area contributed by atoms with E-state index in [1.165, 1.54) is 25.1 Å². The van der Waals surface area contributed by atoms with Gasteiger partial charge in [0.15, 0.2) is 17.1 Å². The van der Waals surface area contributed by atoms with Crippen LogP contribution in [0.25, 0.3) is 56.0 Å². The summed E-state index contributed by atoms with van der Waals surface area (Å²) in [5, 5.41) is 7.33. The molecule has 7 rings (SSSR count). The molecule has 0 saturated carbocycles. The maximum atomic E-state index is 16.1. The Morgan fingerprint density at radius 2 is 1.76 bits per heavy atom. The predicted molar refractivity (Wildman–Crippen MR) is 140 cm³/mol. The number of nitrogens with zero attached hydrogens (tertiary/aromatic N) is 6. The summed E-state index contributed by atoms with van der Waals surface area (Å²) in [6.07, 6.45) is 8.94. The lowest BCUT2D eigenvalue weighted by Crippen LogP contribution is -2.18. The Hall–Kier alpha value is -4.57. The number of H-pyrrole nitrogens is 2. The molecule has 0 radical (unpaired) electrons. The Morgan fingerprint density at radius 1 is 0.895 bits per heavy atom. The van der Waals surface area contributed by atoms with Crippen molar-refractivity contribution in [2.45, 2.75) is 19.4 Å². The Morgan fingerprint density at radius 3 is 2.63 bits per heavy atom. The summed E-state index contributed by atoms with van der Waals surface area (Å²) in [5.41, 5.74) is 4.46. The van der Waals surface area contributed by atoms with Gasteiger partial charge in [0.1, 0.15) is 22.8 Å². The van der Waals surface area contributed by atoms with Gasteiger partial charge in [-0.05, 0) is 49.7 Å². The zero-order chi connectivity index (χ0) is 25.6. The van der Waals surface area contributed by atoms with Crippen molar-refractivity contribution in [3.8, 4) is 33.8 Å². The van der Waals surface area contributed by atoms with Gasteiger partial charge in [-0.2, -0.15) is 5.10 Å². The molecule has 38 heavy (non-hydrogen) atoms. The molecule has 1 aliphatic rings. The van der Waals surface area contributed by atoms with E-state index >= 15 is 4.39 Å². The second-order valence-electron chi connectivity index (χ2n) is 9.47. The van der Waals surface area contributed by atoms with Crippen molar-refractivity contribution >= 4 is 22.2 Å². The number of aromatic amines is 2. The van der Waals surface area contributed by atoms with Crippen LogP contribution in [-0.2, 0) is 6.54 Å². The fourth-order valence-electron chi connectivity index (χ4n) is 5.17. The highest BCUT2D eigenvalue weighted by Crippen LogP contribution is 2.34. The van der Waals surface area contributed by atoms with E-state index in [-0.39, 0.29) is 16.9 Å². The molecular weight excluding hydrogens is 486 g/mol. The average molecular weight is 509 g/mol. The smallest absolute Gasteiger partial charge is 0.161 e. The van der Waals surface area contributed by atoms with E-state index in [0.717, 1.165) is 25.2 Å². The van der Waals surface area contributed by atoms with Crippen LogP contribution in [0.3, 0.4) is 0 Å². The fraction of sp³-hybridized carbons (Fsp3) is 0.179. The lowest BCUT2D eigenvalue weighted by molar-refractivity contribution is 0.331. The first-order chi connectivity index (χ1) is 18.7. The van der Waals surface area contributed by atoms with Crippen molar-refractivity contribution < 1.29 is 8.78 Å². The minimum Gasteiger partial charge on any atom is -0.321 e. The van der Waals surface area contributed by atoms with Crippen LogP contribution in [0.2, 0.25) is 0 Å². The lowest BCUT2D eigenvalue weighted by Gasteiger charge is -2.15. The van der Waals surface area contributed by atoms with Crippen molar-refractivity contribution in [3.05, 3.63) is 78.4 Å². The van der Waals surface area contributed by atoms with Gasteiger partial charge in [0.05, 0.1) is 5.39 Å². The fourth-order valence-corrected chi connectivity index (χ4v) is 5.17. The molecule has 0 spiro atoms. The summed E-state index contributed by atoms with van der Waals surface area (Å²) in [4.78, 5) is 23.3. The van der Waals surface area contributed by atoms with Crippen molar-refractivity contribution in [2.24, 2.45) is 0 Å². The summed E-state index contributed by atoms with van der Waals surface area (Å²) in [5.74, 6) is -0.529. The number of nitrogens with one attached hydrogen (secondary N) is 2. The topological polar surface area (TPSA) is 99.3 Å². The molecule has 8 nitrogen and oxygen atoms in total. The van der Waals surface area contributed by atoms with E-state index in [9.17, 15) is 4.39 Å². The van der Waals surface area contributed by atoms with Gasteiger partial charge in [-0.1, -0.05) is 18.2 Å². The molecule has 2 N–H and O–H groups in total. The zero-order valence-electron chi connectivity index (χ0n) is 20.2. The number of likely N-dealkylation sites (tertiary alicyclic amines) is 1. The van der Waals surface area contributed by atoms with Gasteiger partial charge >= 0.3 is 0 Å². The molecule has 5 aromatic heterocycles. The normalized spacial score (nSPS) is 14.2. The quantitative estimate of drug-likeness (QED) is 0.319. The average Bonchev–Trinajstić information content (AvgIpc) is 3.69. The molecule has 0 aliphatic carbocycles. The third kappa shape index (κ3) is 3.81. The van der Waals surface area contributed by atoms with Gasteiger partial charge in [0.2, 0.25) is 0 Å². The van der Waals surface area contributed by atoms with Crippen LogP contribution in [0.1, 0.15) is 18.4 Å². The van der Waals surface area contributed by atoms with Gasteiger partial charge in [-0.25, -0.2) is 23.7 Å². The second-order valence-corrected chi connectivity index (χ2v) is 9.47. The predicted octanol–water partition coefficient (Wildman–Crippen LogP) is 5.50. The molecule has 1 aliphatic heterocycles. The van der Waals surface area contributed by atoms with E-state index in [1.807, 2.05) is 12.3 Å². The van der Waals surface area contributed by atoms with Crippen LogP contribution in [0.4, 0.5) is 8.78 Å². The zero-order valence-corrected chi connectivity index (χ0v) is 20.2. The van der Waals surface area contributed by atoms with Crippen molar-refractivity contribution in [2.75, 3.05) is 13.1 Å². The number of hydrogen-bond donors (Lipinski definition) is 2. The molecule has 6 heterocycles. The standard InChI is InChI=1S/C28H22F2N8/c29-21-6-2-1-5-18(21)19-7-8-32-27-24(19)34-28(35-27)25-22-23(30)20(14-33-26(22)37-36-25)17-11-16(12-31-13-17)15-38-9-3-4-10-38/h1-2,5-8,11-14H,3-4,9-10,15H2,(H,32,34,35)(H,33,36,37). The summed E-state index contributed by atoms with van der Waals surface area (Å²) < 4.78 is 30.6. The van der Waals surface area contributed by atoms with Gasteiger partial charge in [0, 0.05) is 53.6 Å². The number of halogens is 2. The number of imidazole rings is 1. The largest absolute Gasteiger partial charge is 0.321 e. The highest BCUT2D eigenvalue weighted by atomic mass is 19.1. The highest BCUT2D eigenvalue weighted by Gasteiger charge is 2.22. The van der Waals surface area contributed by atoms with E-state index in [2.05, 4.69) is 40.0 Å². The monoisotopic (exact) mass is 508 g/mol. The van der Waals surface area contributed by atoms with Crippen LogP contribution < -0.4 is 0 Å². The van der Waals surface area contributed by atoms with E-state index in [0.29, 0.717) is 44.9 Å². The number of rotatable bonds is 5. The molecule has 1 fully saturated rings. The first-order valence-electron chi connectivity index (χ1n) is 12.4. The van der Waals surface area contributed by atoms with E-state index in [1.54, 1.807) is 36.7 Å². The van der Waals surface area contributed by atoms with Crippen LogP contribution in [-0.4, -0.2) is 53.1 Å². The molecule has 0 unspecified atom stereocenters. The lowest BCUT2D eigenvalue weighted by atomic mass is 10.0. The van der Waals surface area contributed by atoms with E-state index < -0.39 is 5.82 Å². The van der Waals surface area contributed by atoms with Crippen LogP contribution in [0.15, 0.2) is 61.2 Å². The van der Waals surface area contributed by atoms with Crippen molar-refractivity contribution in [1.82, 2.24) is 40.0 Å². The molecular formula is C28H22F2N8. The molecule has 6 aromatic rings. The summed E-state index contributed by atoms with van der Waals surface area (Å²) in [6, 6.07) is 10.1. The minimum absolute atomic E-state index is 0.207. The third-order valence-corrected chi connectivity index (χ3v) is 7.01. The first kappa shape index (κ1) is 22.6.